The molecule has 0 saturated carbocycles. The molecule has 2 fully saturated rings. The van der Waals surface area contributed by atoms with Crippen LogP contribution in [0, 0.1) is 11.8 Å². The summed E-state index contributed by atoms with van der Waals surface area (Å²) in [5, 5.41) is 0. The standard InChI is InChI=1S/C34H46N2O8/c1-37-29-20-25(21-30(38-2)33(29)41-5)18-27(8-7-9-35-10-14-43-15-11-35)28(24-36-12-16-44-17-13-36)19-26-22-31(39-3)34(42-6)32(23-26)40-4/h20-23H,9-19,24H2,1-6H3/b28-27-. The Balaban J connectivity index is 1.81. The van der Waals surface area contributed by atoms with Crippen LogP contribution in [0.5, 0.6) is 34.5 Å². The maximum atomic E-state index is 5.68. The molecule has 0 atom stereocenters. The van der Waals surface area contributed by atoms with Crippen molar-refractivity contribution in [3.8, 4) is 46.3 Å². The van der Waals surface area contributed by atoms with Crippen LogP contribution >= 0.6 is 0 Å². The summed E-state index contributed by atoms with van der Waals surface area (Å²) in [6.07, 6.45) is 1.25. The van der Waals surface area contributed by atoms with Crippen molar-refractivity contribution in [2.75, 3.05) is 108 Å². The molecule has 0 aliphatic carbocycles. The third kappa shape index (κ3) is 8.73. The SMILES string of the molecule is COc1cc(C/C(C#CCN2CCOCC2)=C(/Cc2cc(OC)c(OC)c(OC)c2)CN2CCOCC2)cc(OC)c1OC. The first kappa shape index (κ1) is 33.3. The molecule has 4 rings (SSSR count). The van der Waals surface area contributed by atoms with Crippen LogP contribution in [0.2, 0.25) is 0 Å². The van der Waals surface area contributed by atoms with Crippen LogP contribution in [0.25, 0.3) is 0 Å². The fourth-order valence-electron chi connectivity index (χ4n) is 5.49. The zero-order valence-electron chi connectivity index (χ0n) is 27.0. The Labute approximate surface area is 261 Å². The van der Waals surface area contributed by atoms with Crippen LogP contribution in [-0.4, -0.2) is 118 Å². The van der Waals surface area contributed by atoms with Crippen molar-refractivity contribution in [1.29, 1.82) is 0 Å². The predicted molar refractivity (Wildman–Crippen MR) is 169 cm³/mol. The molecule has 0 radical (unpaired) electrons. The van der Waals surface area contributed by atoms with Gasteiger partial charge in [0.05, 0.1) is 75.6 Å². The number of benzene rings is 2. The summed E-state index contributed by atoms with van der Waals surface area (Å²) in [6, 6.07) is 8.02. The van der Waals surface area contributed by atoms with E-state index in [2.05, 4.69) is 21.6 Å². The predicted octanol–water partition coefficient (Wildman–Crippen LogP) is 3.49. The van der Waals surface area contributed by atoms with E-state index in [4.69, 9.17) is 37.9 Å². The van der Waals surface area contributed by atoms with E-state index in [9.17, 15) is 0 Å². The third-order valence-corrected chi connectivity index (χ3v) is 7.84. The summed E-state index contributed by atoms with van der Waals surface area (Å²) in [4.78, 5) is 4.75. The Morgan fingerprint density at radius 1 is 0.614 bits per heavy atom. The second-order valence-electron chi connectivity index (χ2n) is 10.6. The lowest BCUT2D eigenvalue weighted by Crippen LogP contribution is -2.38. The van der Waals surface area contributed by atoms with Gasteiger partial charge in [-0.2, -0.15) is 0 Å². The topological polar surface area (TPSA) is 80.3 Å². The van der Waals surface area contributed by atoms with Crippen molar-refractivity contribution in [2.45, 2.75) is 12.8 Å². The van der Waals surface area contributed by atoms with Gasteiger partial charge < -0.3 is 37.9 Å². The summed E-state index contributed by atoms with van der Waals surface area (Å²) < 4.78 is 45.1. The maximum absolute atomic E-state index is 5.68. The fraction of sp³-hybridized carbons (Fsp3) is 0.529. The summed E-state index contributed by atoms with van der Waals surface area (Å²) >= 11 is 0. The lowest BCUT2D eigenvalue weighted by Gasteiger charge is -2.28. The molecular weight excluding hydrogens is 564 g/mol. The van der Waals surface area contributed by atoms with E-state index in [1.165, 1.54) is 5.57 Å². The molecular formula is C34H46N2O8. The highest BCUT2D eigenvalue weighted by Crippen LogP contribution is 2.40. The molecule has 2 saturated heterocycles. The van der Waals surface area contributed by atoms with Crippen LogP contribution in [0.4, 0.5) is 0 Å². The number of nitrogens with zero attached hydrogens (tertiary/aromatic N) is 2. The quantitative estimate of drug-likeness (QED) is 0.315. The highest BCUT2D eigenvalue weighted by Gasteiger charge is 2.20. The van der Waals surface area contributed by atoms with Gasteiger partial charge in [0, 0.05) is 44.7 Å². The average molecular weight is 611 g/mol. The van der Waals surface area contributed by atoms with E-state index >= 15 is 0 Å². The second-order valence-corrected chi connectivity index (χ2v) is 10.6. The number of methoxy groups -OCH3 is 6. The molecule has 0 N–H and O–H groups in total. The lowest BCUT2D eigenvalue weighted by molar-refractivity contribution is 0.0420. The number of ether oxygens (including phenoxy) is 8. The molecule has 2 heterocycles. The van der Waals surface area contributed by atoms with Gasteiger partial charge in [0.15, 0.2) is 23.0 Å². The first-order chi connectivity index (χ1) is 21.5. The minimum absolute atomic E-state index is 0.564. The van der Waals surface area contributed by atoms with Crippen molar-refractivity contribution in [2.24, 2.45) is 0 Å². The molecule has 0 amide bonds. The molecule has 2 aliphatic rings. The zero-order valence-corrected chi connectivity index (χ0v) is 27.0. The van der Waals surface area contributed by atoms with Crippen LogP contribution < -0.4 is 28.4 Å². The maximum Gasteiger partial charge on any atom is 0.203 e. The summed E-state index contributed by atoms with van der Waals surface area (Å²) in [6.45, 7) is 7.81. The van der Waals surface area contributed by atoms with E-state index in [1.807, 2.05) is 24.3 Å². The summed E-state index contributed by atoms with van der Waals surface area (Å²) in [7, 11) is 9.77. The highest BCUT2D eigenvalue weighted by molar-refractivity contribution is 5.57. The average Bonchev–Trinajstić information content (AvgIpc) is 3.07. The molecule has 0 aromatic heterocycles. The van der Waals surface area contributed by atoms with Gasteiger partial charge in [0.2, 0.25) is 11.5 Å². The van der Waals surface area contributed by atoms with Crippen LogP contribution in [0.1, 0.15) is 11.1 Å². The second kappa shape index (κ2) is 17.0. The first-order valence-corrected chi connectivity index (χ1v) is 14.9. The highest BCUT2D eigenvalue weighted by atomic mass is 16.5. The molecule has 2 aliphatic heterocycles. The van der Waals surface area contributed by atoms with Crippen LogP contribution in [0.15, 0.2) is 35.4 Å². The van der Waals surface area contributed by atoms with Gasteiger partial charge in [-0.3, -0.25) is 9.80 Å². The number of hydrogen-bond acceptors (Lipinski definition) is 10. The van der Waals surface area contributed by atoms with Gasteiger partial charge in [0.25, 0.3) is 0 Å². The molecule has 0 bridgehead atoms. The molecule has 0 spiro atoms. The fourth-order valence-corrected chi connectivity index (χ4v) is 5.49. The summed E-state index contributed by atoms with van der Waals surface area (Å²) in [5.74, 6) is 10.7. The normalized spacial score (nSPS) is 16.3. The van der Waals surface area contributed by atoms with E-state index in [1.54, 1.807) is 42.7 Å². The van der Waals surface area contributed by atoms with Crippen molar-refractivity contribution < 1.29 is 37.9 Å². The van der Waals surface area contributed by atoms with Crippen molar-refractivity contribution in [3.63, 3.8) is 0 Å². The van der Waals surface area contributed by atoms with Gasteiger partial charge in [-0.15, -0.1) is 0 Å². The summed E-state index contributed by atoms with van der Waals surface area (Å²) in [5.41, 5.74) is 4.32. The minimum atomic E-state index is 0.564. The molecule has 2 aromatic carbocycles. The number of hydrogen-bond donors (Lipinski definition) is 0. The third-order valence-electron chi connectivity index (χ3n) is 7.84. The Bertz CT molecular complexity index is 1270. The van der Waals surface area contributed by atoms with E-state index in [0.29, 0.717) is 67.1 Å². The van der Waals surface area contributed by atoms with Crippen molar-refractivity contribution >= 4 is 0 Å². The Morgan fingerprint density at radius 2 is 1.05 bits per heavy atom. The first-order valence-electron chi connectivity index (χ1n) is 14.9. The van der Waals surface area contributed by atoms with Gasteiger partial charge in [-0.25, -0.2) is 0 Å². The largest absolute Gasteiger partial charge is 0.493 e. The van der Waals surface area contributed by atoms with Gasteiger partial charge >= 0.3 is 0 Å². The smallest absolute Gasteiger partial charge is 0.203 e. The van der Waals surface area contributed by atoms with E-state index in [0.717, 1.165) is 62.6 Å². The van der Waals surface area contributed by atoms with Crippen LogP contribution in [0.3, 0.4) is 0 Å². The Morgan fingerprint density at radius 3 is 1.48 bits per heavy atom. The van der Waals surface area contributed by atoms with E-state index in [-0.39, 0.29) is 0 Å². The van der Waals surface area contributed by atoms with Gasteiger partial charge in [-0.1, -0.05) is 11.8 Å². The lowest BCUT2D eigenvalue weighted by atomic mass is 9.94. The molecule has 10 nitrogen and oxygen atoms in total. The zero-order chi connectivity index (χ0) is 31.3. The van der Waals surface area contributed by atoms with Crippen molar-refractivity contribution in [1.82, 2.24) is 9.80 Å². The van der Waals surface area contributed by atoms with Crippen molar-refractivity contribution in [3.05, 3.63) is 46.5 Å². The van der Waals surface area contributed by atoms with E-state index < -0.39 is 0 Å². The number of allylic oxidation sites excluding steroid dienone is 1. The van der Waals surface area contributed by atoms with Gasteiger partial charge in [0.1, 0.15) is 0 Å². The number of morpholine rings is 2. The molecule has 240 valence electrons. The molecule has 10 heteroatoms. The molecule has 2 aromatic rings. The molecule has 0 unspecified atom stereocenters. The Hall–Kier alpha value is -3.62. The monoisotopic (exact) mass is 610 g/mol. The Kier molecular flexibility index (Phi) is 12.9. The number of rotatable bonds is 13. The van der Waals surface area contributed by atoms with Crippen LogP contribution in [-0.2, 0) is 22.3 Å². The van der Waals surface area contributed by atoms with Gasteiger partial charge in [-0.05, 0) is 47.4 Å². The minimum Gasteiger partial charge on any atom is -0.493 e. The molecule has 44 heavy (non-hydrogen) atoms.